The molecule has 1 fully saturated rings. The summed E-state index contributed by atoms with van der Waals surface area (Å²) in [5.74, 6) is 2.73. The first-order valence-corrected chi connectivity index (χ1v) is 5.81. The lowest BCUT2D eigenvalue weighted by Crippen LogP contribution is -2.49. The van der Waals surface area contributed by atoms with Gasteiger partial charge in [0.2, 0.25) is 0 Å². The molecule has 1 aliphatic rings. The minimum Gasteiger partial charge on any atom is -0.310 e. The van der Waals surface area contributed by atoms with E-state index in [1.807, 2.05) is 0 Å². The molecule has 0 saturated carbocycles. The maximum absolute atomic E-state index is 5.35. The average molecular weight is 214 g/mol. The second-order valence-electron chi connectivity index (χ2n) is 4.28. The van der Waals surface area contributed by atoms with E-state index in [4.69, 9.17) is 6.42 Å². The molecule has 1 atom stereocenters. The molecule has 0 bridgehead atoms. The third kappa shape index (κ3) is 3.10. The summed E-state index contributed by atoms with van der Waals surface area (Å²) in [6.07, 6.45) is 6.17. The molecule has 2 heteroatoms. The van der Waals surface area contributed by atoms with E-state index in [1.165, 1.54) is 5.56 Å². The second kappa shape index (κ2) is 5.69. The number of nitrogens with one attached hydrogen (secondary N) is 1. The topological polar surface area (TPSA) is 15.3 Å². The Bertz CT molecular complexity index is 353. The minimum atomic E-state index is 0.461. The molecule has 16 heavy (non-hydrogen) atoms. The van der Waals surface area contributed by atoms with Crippen molar-refractivity contribution in [3.63, 3.8) is 0 Å². The van der Waals surface area contributed by atoms with Crippen LogP contribution in [0.2, 0.25) is 0 Å². The lowest BCUT2D eigenvalue weighted by Gasteiger charge is -2.32. The summed E-state index contributed by atoms with van der Waals surface area (Å²) in [6.45, 7) is 4.23. The second-order valence-corrected chi connectivity index (χ2v) is 4.28. The zero-order valence-electron chi connectivity index (χ0n) is 9.52. The normalized spacial score (nSPS) is 21.6. The molecule has 0 amide bonds. The van der Waals surface area contributed by atoms with Crippen LogP contribution in [-0.4, -0.2) is 30.6 Å². The van der Waals surface area contributed by atoms with E-state index < -0.39 is 0 Å². The largest absolute Gasteiger partial charge is 0.310 e. The summed E-state index contributed by atoms with van der Waals surface area (Å²) in [5.41, 5.74) is 1.38. The first-order chi connectivity index (χ1) is 7.88. The van der Waals surface area contributed by atoms with Crippen LogP contribution in [0.4, 0.5) is 0 Å². The number of rotatable bonds is 3. The van der Waals surface area contributed by atoms with Crippen molar-refractivity contribution >= 4 is 0 Å². The molecule has 1 saturated heterocycles. The van der Waals surface area contributed by atoms with Crippen LogP contribution in [0.15, 0.2) is 30.3 Å². The van der Waals surface area contributed by atoms with E-state index in [9.17, 15) is 0 Å². The van der Waals surface area contributed by atoms with Gasteiger partial charge in [0.15, 0.2) is 0 Å². The van der Waals surface area contributed by atoms with Crippen LogP contribution >= 0.6 is 0 Å². The SMILES string of the molecule is C#CCC1CN(Cc2ccccc2)CCN1. The third-order valence-corrected chi connectivity index (χ3v) is 2.95. The quantitative estimate of drug-likeness (QED) is 0.767. The van der Waals surface area contributed by atoms with Crippen molar-refractivity contribution < 1.29 is 0 Å². The molecular formula is C14H18N2. The summed E-state index contributed by atoms with van der Waals surface area (Å²) in [4.78, 5) is 2.47. The zero-order valence-corrected chi connectivity index (χ0v) is 9.52. The molecule has 84 valence electrons. The molecular weight excluding hydrogens is 196 g/mol. The van der Waals surface area contributed by atoms with Crippen molar-refractivity contribution in [3.8, 4) is 12.3 Å². The number of piperazine rings is 1. The van der Waals surface area contributed by atoms with Crippen molar-refractivity contribution in [2.24, 2.45) is 0 Å². The van der Waals surface area contributed by atoms with Crippen LogP contribution in [0.5, 0.6) is 0 Å². The monoisotopic (exact) mass is 214 g/mol. The van der Waals surface area contributed by atoms with E-state index >= 15 is 0 Å². The Balaban J connectivity index is 1.88. The van der Waals surface area contributed by atoms with Crippen LogP contribution in [0.1, 0.15) is 12.0 Å². The van der Waals surface area contributed by atoms with Gasteiger partial charge in [-0.05, 0) is 5.56 Å². The van der Waals surface area contributed by atoms with Crippen molar-refractivity contribution in [2.75, 3.05) is 19.6 Å². The van der Waals surface area contributed by atoms with Gasteiger partial charge in [-0.2, -0.15) is 0 Å². The van der Waals surface area contributed by atoms with Crippen LogP contribution in [0.25, 0.3) is 0 Å². The Kier molecular flexibility index (Phi) is 3.98. The number of nitrogens with zero attached hydrogens (tertiary/aromatic N) is 1. The van der Waals surface area contributed by atoms with Crippen molar-refractivity contribution in [3.05, 3.63) is 35.9 Å². The van der Waals surface area contributed by atoms with Gasteiger partial charge in [0.1, 0.15) is 0 Å². The number of benzene rings is 1. The number of hydrogen-bond acceptors (Lipinski definition) is 2. The summed E-state index contributed by atoms with van der Waals surface area (Å²) in [6, 6.07) is 11.1. The fourth-order valence-corrected chi connectivity index (χ4v) is 2.16. The lowest BCUT2D eigenvalue weighted by molar-refractivity contribution is 0.194. The molecule has 0 spiro atoms. The minimum absolute atomic E-state index is 0.461. The van der Waals surface area contributed by atoms with Crippen LogP contribution in [0, 0.1) is 12.3 Å². The van der Waals surface area contributed by atoms with Gasteiger partial charge < -0.3 is 5.32 Å². The van der Waals surface area contributed by atoms with Gasteiger partial charge in [-0.25, -0.2) is 0 Å². The van der Waals surface area contributed by atoms with Gasteiger partial charge in [0.05, 0.1) is 0 Å². The maximum Gasteiger partial charge on any atom is 0.0304 e. The molecule has 0 aliphatic carbocycles. The van der Waals surface area contributed by atoms with Gasteiger partial charge in [0.25, 0.3) is 0 Å². The molecule has 1 aromatic carbocycles. The molecule has 1 heterocycles. The van der Waals surface area contributed by atoms with Gasteiger partial charge in [-0.15, -0.1) is 12.3 Å². The predicted molar refractivity (Wildman–Crippen MR) is 67.0 cm³/mol. The Morgan fingerprint density at radius 2 is 2.19 bits per heavy atom. The molecule has 1 N–H and O–H groups in total. The number of terminal acetylenes is 1. The molecule has 2 nitrogen and oxygen atoms in total. The highest BCUT2D eigenvalue weighted by atomic mass is 15.2. The van der Waals surface area contributed by atoms with Crippen LogP contribution in [0.3, 0.4) is 0 Å². The van der Waals surface area contributed by atoms with Crippen molar-refractivity contribution in [2.45, 2.75) is 19.0 Å². The van der Waals surface area contributed by atoms with Gasteiger partial charge in [-0.1, -0.05) is 30.3 Å². The van der Waals surface area contributed by atoms with E-state index in [0.717, 1.165) is 32.6 Å². The van der Waals surface area contributed by atoms with Crippen LogP contribution in [-0.2, 0) is 6.54 Å². The fraction of sp³-hybridized carbons (Fsp3) is 0.429. The average Bonchev–Trinajstić information content (AvgIpc) is 2.31. The third-order valence-electron chi connectivity index (χ3n) is 2.95. The lowest BCUT2D eigenvalue weighted by atomic mass is 10.1. The molecule has 0 aromatic heterocycles. The van der Waals surface area contributed by atoms with E-state index in [0.29, 0.717) is 6.04 Å². The first-order valence-electron chi connectivity index (χ1n) is 5.81. The summed E-state index contributed by atoms with van der Waals surface area (Å²) < 4.78 is 0. The molecule has 1 aromatic rings. The van der Waals surface area contributed by atoms with Crippen LogP contribution < -0.4 is 5.32 Å². The molecule has 0 radical (unpaired) electrons. The molecule has 1 unspecified atom stereocenters. The van der Waals surface area contributed by atoms with Gasteiger partial charge in [-0.3, -0.25) is 4.90 Å². The zero-order chi connectivity index (χ0) is 11.2. The first kappa shape index (κ1) is 11.2. The Morgan fingerprint density at radius 1 is 1.38 bits per heavy atom. The highest BCUT2D eigenvalue weighted by Crippen LogP contribution is 2.08. The smallest absolute Gasteiger partial charge is 0.0304 e. The highest BCUT2D eigenvalue weighted by Gasteiger charge is 2.17. The fourth-order valence-electron chi connectivity index (χ4n) is 2.16. The maximum atomic E-state index is 5.35. The summed E-state index contributed by atoms with van der Waals surface area (Å²) in [5, 5.41) is 3.45. The van der Waals surface area contributed by atoms with Crippen molar-refractivity contribution in [1.29, 1.82) is 0 Å². The predicted octanol–water partition coefficient (Wildman–Crippen LogP) is 1.48. The standard InChI is InChI=1S/C14H18N2/c1-2-6-14-12-16(10-9-15-14)11-13-7-4-3-5-8-13/h1,3-5,7-8,14-15H,6,9-12H2. The van der Waals surface area contributed by atoms with E-state index in [1.54, 1.807) is 0 Å². The summed E-state index contributed by atoms with van der Waals surface area (Å²) in [7, 11) is 0. The Morgan fingerprint density at radius 3 is 2.94 bits per heavy atom. The van der Waals surface area contributed by atoms with Gasteiger partial charge >= 0.3 is 0 Å². The Labute approximate surface area is 97.7 Å². The Hall–Kier alpha value is -1.30. The van der Waals surface area contributed by atoms with Gasteiger partial charge in [0, 0.05) is 38.6 Å². The van der Waals surface area contributed by atoms with E-state index in [2.05, 4.69) is 46.5 Å². The summed E-state index contributed by atoms with van der Waals surface area (Å²) >= 11 is 0. The van der Waals surface area contributed by atoms with Crippen molar-refractivity contribution in [1.82, 2.24) is 10.2 Å². The number of hydrogen-bond donors (Lipinski definition) is 1. The molecule has 1 aliphatic heterocycles. The van der Waals surface area contributed by atoms with E-state index in [-0.39, 0.29) is 0 Å². The highest BCUT2D eigenvalue weighted by molar-refractivity contribution is 5.14. The molecule has 2 rings (SSSR count).